The summed E-state index contributed by atoms with van der Waals surface area (Å²) in [5.74, 6) is 0.0764. The zero-order valence-corrected chi connectivity index (χ0v) is 18.6. The van der Waals surface area contributed by atoms with Gasteiger partial charge >= 0.3 is 0 Å². The van der Waals surface area contributed by atoms with E-state index in [4.69, 9.17) is 0 Å². The third-order valence-electron chi connectivity index (χ3n) is 6.95. The van der Waals surface area contributed by atoms with E-state index in [1.54, 1.807) is 0 Å². The van der Waals surface area contributed by atoms with Crippen molar-refractivity contribution in [3.05, 3.63) is 90.3 Å². The van der Waals surface area contributed by atoms with Gasteiger partial charge < -0.3 is 9.88 Å². The number of anilines is 1. The summed E-state index contributed by atoms with van der Waals surface area (Å²) in [7, 11) is 0. The number of nitrogens with one attached hydrogen (secondary N) is 1. The van der Waals surface area contributed by atoms with Crippen LogP contribution >= 0.6 is 12.4 Å². The van der Waals surface area contributed by atoms with Gasteiger partial charge in [-0.3, -0.25) is 9.69 Å². The van der Waals surface area contributed by atoms with Crippen LogP contribution in [0.4, 0.5) is 5.69 Å². The molecule has 1 saturated carbocycles. The number of hydrogen-bond acceptors (Lipinski definition) is 2. The molecule has 5 heteroatoms. The maximum atomic E-state index is 13.3. The Balaban J connectivity index is 0.00000231. The lowest BCUT2D eigenvalue weighted by molar-refractivity contribution is 0.0128. The van der Waals surface area contributed by atoms with Gasteiger partial charge in [0, 0.05) is 24.5 Å². The highest BCUT2D eigenvalue weighted by molar-refractivity contribution is 6.05. The van der Waals surface area contributed by atoms with Crippen LogP contribution in [0.5, 0.6) is 0 Å². The van der Waals surface area contributed by atoms with Crippen LogP contribution in [0, 0.1) is 5.41 Å². The molecule has 0 radical (unpaired) electrons. The van der Waals surface area contributed by atoms with E-state index < -0.39 is 0 Å². The summed E-state index contributed by atoms with van der Waals surface area (Å²) in [5.41, 5.74) is 3.46. The Hall–Kier alpha value is -2.56. The summed E-state index contributed by atoms with van der Waals surface area (Å²) in [5, 5.41) is 0. The second-order valence-corrected chi connectivity index (χ2v) is 8.92. The highest BCUT2D eigenvalue weighted by Crippen LogP contribution is 2.52. The zero-order chi connectivity index (χ0) is 20.4. The van der Waals surface area contributed by atoms with Crippen molar-refractivity contribution in [2.75, 3.05) is 18.0 Å². The van der Waals surface area contributed by atoms with Crippen molar-refractivity contribution >= 4 is 24.0 Å². The lowest BCUT2D eigenvalue weighted by Gasteiger charge is -2.55. The number of para-hydroxylation sites is 1. The predicted octanol–water partition coefficient (Wildman–Crippen LogP) is 5.53. The van der Waals surface area contributed by atoms with Crippen LogP contribution in [0.15, 0.2) is 79.0 Å². The Labute approximate surface area is 190 Å². The van der Waals surface area contributed by atoms with E-state index >= 15 is 0 Å². The molecular formula is C26H30ClN3O. The van der Waals surface area contributed by atoms with Gasteiger partial charge in [0.25, 0.3) is 5.91 Å². The van der Waals surface area contributed by atoms with E-state index in [-0.39, 0.29) is 24.4 Å². The van der Waals surface area contributed by atoms with E-state index in [1.807, 2.05) is 53.6 Å². The number of aromatic amines is 1. The zero-order valence-electron chi connectivity index (χ0n) is 17.7. The van der Waals surface area contributed by atoms with Crippen LogP contribution in [0.1, 0.15) is 41.7 Å². The van der Waals surface area contributed by atoms with E-state index in [0.717, 1.165) is 38.2 Å². The molecule has 31 heavy (non-hydrogen) atoms. The molecule has 1 saturated heterocycles. The number of rotatable bonds is 5. The van der Waals surface area contributed by atoms with Crippen LogP contribution < -0.4 is 4.90 Å². The average molecular weight is 436 g/mol. The topological polar surface area (TPSA) is 39.3 Å². The van der Waals surface area contributed by atoms with Crippen LogP contribution in [0.25, 0.3) is 0 Å². The molecular weight excluding hydrogens is 406 g/mol. The molecule has 0 unspecified atom stereocenters. The standard InChI is InChI=1S/C26H29N3O.ClH/c30-25(24-12-7-15-27-24)29(22-10-5-2-6-11-22)23-18-26(19-23)13-16-28(17-14-26)20-21-8-3-1-4-9-21;/h1-12,15,23,27H,13-14,16-20H2;1H. The fourth-order valence-corrected chi connectivity index (χ4v) is 5.23. The lowest BCUT2D eigenvalue weighted by Crippen LogP contribution is -2.56. The Morgan fingerprint density at radius 1 is 0.935 bits per heavy atom. The van der Waals surface area contributed by atoms with Crippen LogP contribution in [0.3, 0.4) is 0 Å². The van der Waals surface area contributed by atoms with Crippen molar-refractivity contribution in [1.82, 2.24) is 9.88 Å². The van der Waals surface area contributed by atoms with E-state index in [1.165, 1.54) is 18.4 Å². The number of nitrogens with zero attached hydrogens (tertiary/aromatic N) is 2. The predicted molar refractivity (Wildman–Crippen MR) is 128 cm³/mol. The Morgan fingerprint density at radius 2 is 1.58 bits per heavy atom. The molecule has 1 N–H and O–H groups in total. The van der Waals surface area contributed by atoms with Gasteiger partial charge in [0.05, 0.1) is 0 Å². The van der Waals surface area contributed by atoms with Crippen molar-refractivity contribution in [2.24, 2.45) is 5.41 Å². The normalized spacial score (nSPS) is 18.2. The summed E-state index contributed by atoms with van der Waals surface area (Å²) in [6.07, 6.45) is 6.49. The fourth-order valence-electron chi connectivity index (χ4n) is 5.23. The molecule has 162 valence electrons. The number of amides is 1. The van der Waals surface area contributed by atoms with Crippen molar-refractivity contribution in [2.45, 2.75) is 38.3 Å². The maximum absolute atomic E-state index is 13.3. The highest BCUT2D eigenvalue weighted by Gasteiger charge is 2.49. The largest absolute Gasteiger partial charge is 0.357 e. The molecule has 2 aromatic carbocycles. The Bertz CT molecular complexity index is 958. The second-order valence-electron chi connectivity index (χ2n) is 8.92. The smallest absolute Gasteiger partial charge is 0.274 e. The van der Waals surface area contributed by atoms with E-state index in [0.29, 0.717) is 11.1 Å². The van der Waals surface area contributed by atoms with Gasteiger partial charge in [-0.1, -0.05) is 48.5 Å². The van der Waals surface area contributed by atoms with Crippen LogP contribution in [0.2, 0.25) is 0 Å². The molecule has 1 spiro atoms. The monoisotopic (exact) mass is 435 g/mol. The van der Waals surface area contributed by atoms with Crippen LogP contribution in [-0.4, -0.2) is 34.9 Å². The minimum Gasteiger partial charge on any atom is -0.357 e. The molecule has 2 aliphatic rings. The fraction of sp³-hybridized carbons (Fsp3) is 0.346. The van der Waals surface area contributed by atoms with E-state index in [2.05, 4.69) is 40.2 Å². The summed E-state index contributed by atoms with van der Waals surface area (Å²) in [4.78, 5) is 20.9. The Morgan fingerprint density at radius 3 is 2.19 bits per heavy atom. The molecule has 5 rings (SSSR count). The molecule has 0 atom stereocenters. The van der Waals surface area contributed by atoms with Gasteiger partial charge in [-0.05, 0) is 74.0 Å². The number of hydrogen-bond donors (Lipinski definition) is 1. The van der Waals surface area contributed by atoms with Crippen molar-refractivity contribution in [3.8, 4) is 0 Å². The van der Waals surface area contributed by atoms with Crippen molar-refractivity contribution in [3.63, 3.8) is 0 Å². The third-order valence-corrected chi connectivity index (χ3v) is 6.95. The van der Waals surface area contributed by atoms with E-state index in [9.17, 15) is 4.79 Å². The number of halogens is 1. The number of carbonyl (C=O) groups is 1. The molecule has 2 heterocycles. The number of carbonyl (C=O) groups excluding carboxylic acids is 1. The van der Waals surface area contributed by atoms with Gasteiger partial charge in [0.15, 0.2) is 0 Å². The molecule has 3 aromatic rings. The quantitative estimate of drug-likeness (QED) is 0.572. The van der Waals surface area contributed by atoms with Crippen molar-refractivity contribution < 1.29 is 4.79 Å². The summed E-state index contributed by atoms with van der Waals surface area (Å²) in [6, 6.07) is 24.9. The molecule has 4 nitrogen and oxygen atoms in total. The Kier molecular flexibility index (Phi) is 6.49. The molecule has 1 aliphatic heterocycles. The molecule has 2 fully saturated rings. The minimum atomic E-state index is 0. The second kappa shape index (κ2) is 9.29. The van der Waals surface area contributed by atoms with Gasteiger partial charge in [-0.2, -0.15) is 0 Å². The summed E-state index contributed by atoms with van der Waals surface area (Å²) >= 11 is 0. The van der Waals surface area contributed by atoms with Gasteiger partial charge in [0.2, 0.25) is 0 Å². The number of aromatic nitrogens is 1. The summed E-state index contributed by atoms with van der Waals surface area (Å²) in [6.45, 7) is 3.34. The number of H-pyrrole nitrogens is 1. The molecule has 0 bridgehead atoms. The van der Waals surface area contributed by atoms with Gasteiger partial charge in [-0.15, -0.1) is 12.4 Å². The van der Waals surface area contributed by atoms with Crippen molar-refractivity contribution in [1.29, 1.82) is 0 Å². The molecule has 1 amide bonds. The third kappa shape index (κ3) is 4.56. The average Bonchev–Trinajstić information content (AvgIpc) is 3.30. The summed E-state index contributed by atoms with van der Waals surface area (Å²) < 4.78 is 0. The van der Waals surface area contributed by atoms with Gasteiger partial charge in [0.1, 0.15) is 5.69 Å². The molecule has 1 aromatic heterocycles. The maximum Gasteiger partial charge on any atom is 0.274 e. The number of likely N-dealkylation sites (tertiary alicyclic amines) is 1. The first kappa shape index (κ1) is 21.7. The minimum absolute atomic E-state index is 0. The first-order chi connectivity index (χ1) is 14.7. The highest BCUT2D eigenvalue weighted by atomic mass is 35.5. The first-order valence-electron chi connectivity index (χ1n) is 11.0. The SMILES string of the molecule is Cl.O=C(c1ccc[nH]1)N(c1ccccc1)C1CC2(CCN(Cc3ccccc3)CC2)C1. The number of piperidine rings is 1. The lowest BCUT2D eigenvalue weighted by atomic mass is 9.60. The van der Waals surface area contributed by atoms with Gasteiger partial charge in [-0.25, -0.2) is 0 Å². The first-order valence-corrected chi connectivity index (χ1v) is 11.0. The van der Waals surface area contributed by atoms with Crippen LogP contribution in [-0.2, 0) is 6.54 Å². The molecule has 1 aliphatic carbocycles. The number of benzene rings is 2.